The van der Waals surface area contributed by atoms with Crippen LogP contribution in [0.2, 0.25) is 0 Å². The molecule has 1 heterocycles. The molecule has 6 heteroatoms. The second kappa shape index (κ2) is 7.33. The Morgan fingerprint density at radius 3 is 2.68 bits per heavy atom. The molecule has 0 bridgehead atoms. The third kappa shape index (κ3) is 4.38. The van der Waals surface area contributed by atoms with Crippen molar-refractivity contribution in [2.75, 3.05) is 26.3 Å². The van der Waals surface area contributed by atoms with Gasteiger partial charge in [-0.05, 0) is 20.3 Å². The van der Waals surface area contributed by atoms with Crippen LogP contribution in [0.4, 0.5) is 4.79 Å². The fourth-order valence-electron chi connectivity index (χ4n) is 2.26. The third-order valence-corrected chi connectivity index (χ3v) is 3.22. The van der Waals surface area contributed by atoms with Gasteiger partial charge in [-0.15, -0.1) is 0 Å². The minimum atomic E-state index is -0.903. The SMILES string of the molecule is CCCN(C(=O)N1CCOCC1CC(=O)O)C(C)C. The van der Waals surface area contributed by atoms with Gasteiger partial charge in [0.1, 0.15) is 0 Å². The van der Waals surface area contributed by atoms with E-state index in [-0.39, 0.29) is 24.5 Å². The molecular formula is C13H24N2O4. The first-order chi connectivity index (χ1) is 8.97. The van der Waals surface area contributed by atoms with Crippen molar-refractivity contribution in [2.24, 2.45) is 0 Å². The van der Waals surface area contributed by atoms with E-state index in [9.17, 15) is 9.59 Å². The average molecular weight is 272 g/mol. The van der Waals surface area contributed by atoms with Crippen LogP contribution in [0.15, 0.2) is 0 Å². The summed E-state index contributed by atoms with van der Waals surface area (Å²) in [6.07, 6.45) is 0.821. The summed E-state index contributed by atoms with van der Waals surface area (Å²) in [7, 11) is 0. The first-order valence-electron chi connectivity index (χ1n) is 6.84. The monoisotopic (exact) mass is 272 g/mol. The minimum Gasteiger partial charge on any atom is -0.481 e. The maximum absolute atomic E-state index is 12.5. The molecule has 0 radical (unpaired) electrons. The van der Waals surface area contributed by atoms with Crippen molar-refractivity contribution in [1.82, 2.24) is 9.80 Å². The van der Waals surface area contributed by atoms with Crippen LogP contribution in [0, 0.1) is 0 Å². The van der Waals surface area contributed by atoms with E-state index in [2.05, 4.69) is 0 Å². The standard InChI is InChI=1S/C13H24N2O4/c1-4-5-14(10(2)3)13(18)15-6-7-19-9-11(15)8-12(16)17/h10-11H,4-9H2,1-3H3,(H,16,17). The molecular weight excluding hydrogens is 248 g/mol. The highest BCUT2D eigenvalue weighted by molar-refractivity contribution is 5.76. The van der Waals surface area contributed by atoms with Gasteiger partial charge in [0, 0.05) is 19.1 Å². The summed E-state index contributed by atoms with van der Waals surface area (Å²) in [5, 5.41) is 8.91. The predicted octanol–water partition coefficient (Wildman–Crippen LogP) is 1.40. The molecule has 19 heavy (non-hydrogen) atoms. The lowest BCUT2D eigenvalue weighted by molar-refractivity contribution is -0.139. The van der Waals surface area contributed by atoms with Gasteiger partial charge in [0.15, 0.2) is 0 Å². The number of carbonyl (C=O) groups is 2. The molecule has 1 unspecified atom stereocenters. The number of nitrogens with zero attached hydrogens (tertiary/aromatic N) is 2. The molecule has 6 nitrogen and oxygen atoms in total. The highest BCUT2D eigenvalue weighted by atomic mass is 16.5. The second-order valence-corrected chi connectivity index (χ2v) is 5.09. The summed E-state index contributed by atoms with van der Waals surface area (Å²) < 4.78 is 5.29. The summed E-state index contributed by atoms with van der Waals surface area (Å²) in [4.78, 5) is 26.8. The highest BCUT2D eigenvalue weighted by Crippen LogP contribution is 2.15. The lowest BCUT2D eigenvalue weighted by Gasteiger charge is -2.39. The molecule has 0 aliphatic carbocycles. The molecule has 0 spiro atoms. The van der Waals surface area contributed by atoms with Crippen LogP contribution in [0.3, 0.4) is 0 Å². The molecule has 1 aliphatic rings. The van der Waals surface area contributed by atoms with Crippen molar-refractivity contribution in [3.8, 4) is 0 Å². The van der Waals surface area contributed by atoms with Gasteiger partial charge in [-0.2, -0.15) is 0 Å². The molecule has 1 N–H and O–H groups in total. The van der Waals surface area contributed by atoms with Gasteiger partial charge in [-0.1, -0.05) is 6.92 Å². The van der Waals surface area contributed by atoms with Crippen LogP contribution < -0.4 is 0 Å². The Morgan fingerprint density at radius 2 is 2.16 bits per heavy atom. The van der Waals surface area contributed by atoms with Gasteiger partial charge < -0.3 is 19.6 Å². The van der Waals surface area contributed by atoms with Crippen LogP contribution in [-0.4, -0.2) is 65.3 Å². The lowest BCUT2D eigenvalue weighted by atomic mass is 10.1. The molecule has 0 aromatic rings. The number of carbonyl (C=O) groups excluding carboxylic acids is 1. The Morgan fingerprint density at radius 1 is 1.47 bits per heavy atom. The summed E-state index contributed by atoms with van der Waals surface area (Å²) in [6, 6.07) is -0.330. The van der Waals surface area contributed by atoms with E-state index in [1.54, 1.807) is 9.80 Å². The van der Waals surface area contributed by atoms with Crippen LogP contribution in [0.1, 0.15) is 33.6 Å². The maximum atomic E-state index is 12.5. The van der Waals surface area contributed by atoms with Gasteiger partial charge >= 0.3 is 12.0 Å². The molecule has 0 aromatic carbocycles. The molecule has 0 saturated carbocycles. The number of aliphatic carboxylic acids is 1. The molecule has 2 amide bonds. The number of amides is 2. The Bertz CT molecular complexity index is 320. The average Bonchev–Trinajstić information content (AvgIpc) is 2.34. The fraction of sp³-hybridized carbons (Fsp3) is 0.846. The van der Waals surface area contributed by atoms with Gasteiger partial charge in [0.25, 0.3) is 0 Å². The number of morpholine rings is 1. The fourth-order valence-corrected chi connectivity index (χ4v) is 2.26. The highest BCUT2D eigenvalue weighted by Gasteiger charge is 2.32. The third-order valence-electron chi connectivity index (χ3n) is 3.22. The first kappa shape index (κ1) is 15.8. The zero-order valence-corrected chi connectivity index (χ0v) is 12.0. The molecule has 110 valence electrons. The van der Waals surface area contributed by atoms with Gasteiger partial charge in [0.05, 0.1) is 25.7 Å². The van der Waals surface area contributed by atoms with Crippen LogP contribution in [-0.2, 0) is 9.53 Å². The predicted molar refractivity (Wildman–Crippen MR) is 71.1 cm³/mol. The van der Waals surface area contributed by atoms with E-state index in [1.807, 2.05) is 20.8 Å². The van der Waals surface area contributed by atoms with Gasteiger partial charge in [-0.25, -0.2) is 4.79 Å². The number of carboxylic acids is 1. The number of hydrogen-bond acceptors (Lipinski definition) is 3. The van der Waals surface area contributed by atoms with E-state index in [1.165, 1.54) is 0 Å². The molecule has 1 fully saturated rings. The number of hydrogen-bond donors (Lipinski definition) is 1. The summed E-state index contributed by atoms with van der Waals surface area (Å²) in [6.45, 7) is 7.89. The number of urea groups is 1. The van der Waals surface area contributed by atoms with Crippen molar-refractivity contribution < 1.29 is 19.4 Å². The second-order valence-electron chi connectivity index (χ2n) is 5.09. The Labute approximate surface area is 114 Å². The van der Waals surface area contributed by atoms with Crippen molar-refractivity contribution >= 4 is 12.0 Å². The van der Waals surface area contributed by atoms with E-state index in [0.29, 0.717) is 26.3 Å². The van der Waals surface area contributed by atoms with E-state index in [4.69, 9.17) is 9.84 Å². The van der Waals surface area contributed by atoms with Crippen molar-refractivity contribution in [3.63, 3.8) is 0 Å². The normalized spacial score (nSPS) is 19.6. The maximum Gasteiger partial charge on any atom is 0.320 e. The first-order valence-corrected chi connectivity index (χ1v) is 6.84. The quantitative estimate of drug-likeness (QED) is 0.821. The molecule has 1 saturated heterocycles. The molecule has 1 aliphatic heterocycles. The lowest BCUT2D eigenvalue weighted by Crippen LogP contribution is -2.55. The Kier molecular flexibility index (Phi) is 6.08. The van der Waals surface area contributed by atoms with Gasteiger partial charge in [-0.3, -0.25) is 4.79 Å². The zero-order valence-electron chi connectivity index (χ0n) is 12.0. The minimum absolute atomic E-state index is 0.0657. The van der Waals surface area contributed by atoms with Crippen LogP contribution in [0.25, 0.3) is 0 Å². The van der Waals surface area contributed by atoms with Gasteiger partial charge in [0.2, 0.25) is 0 Å². The number of carboxylic acid groups (broad SMARTS) is 1. The Balaban J connectivity index is 2.77. The molecule has 0 aromatic heterocycles. The van der Waals surface area contributed by atoms with Crippen molar-refractivity contribution in [1.29, 1.82) is 0 Å². The summed E-state index contributed by atoms with van der Waals surface area (Å²) >= 11 is 0. The van der Waals surface area contributed by atoms with E-state index in [0.717, 1.165) is 6.42 Å². The topological polar surface area (TPSA) is 70.1 Å². The number of ether oxygens (including phenoxy) is 1. The zero-order chi connectivity index (χ0) is 14.4. The summed E-state index contributed by atoms with van der Waals surface area (Å²) in [5.74, 6) is -0.903. The van der Waals surface area contributed by atoms with Crippen molar-refractivity contribution in [2.45, 2.75) is 45.7 Å². The molecule has 1 atom stereocenters. The summed E-state index contributed by atoms with van der Waals surface area (Å²) in [5.41, 5.74) is 0. The van der Waals surface area contributed by atoms with Crippen LogP contribution >= 0.6 is 0 Å². The van der Waals surface area contributed by atoms with Crippen molar-refractivity contribution in [3.05, 3.63) is 0 Å². The smallest absolute Gasteiger partial charge is 0.320 e. The Hall–Kier alpha value is -1.30. The largest absolute Gasteiger partial charge is 0.481 e. The van der Waals surface area contributed by atoms with E-state index >= 15 is 0 Å². The van der Waals surface area contributed by atoms with E-state index < -0.39 is 5.97 Å². The van der Waals surface area contributed by atoms with Crippen LogP contribution in [0.5, 0.6) is 0 Å². The molecule has 1 rings (SSSR count). The number of rotatable bonds is 5.